The zero-order chi connectivity index (χ0) is 23.7. The van der Waals surface area contributed by atoms with E-state index in [0.29, 0.717) is 17.2 Å². The molecule has 6 heteroatoms. The van der Waals surface area contributed by atoms with Crippen molar-refractivity contribution in [3.8, 4) is 11.6 Å². The van der Waals surface area contributed by atoms with Crippen LogP contribution in [-0.2, 0) is 19.5 Å². The number of benzene rings is 2. The molecular weight excluding hydrogens is 427 g/mol. The lowest BCUT2D eigenvalue weighted by Crippen LogP contribution is -2.36. The Hall–Kier alpha value is -2.99. The van der Waals surface area contributed by atoms with Crippen molar-refractivity contribution in [3.63, 3.8) is 0 Å². The molecule has 178 valence electrons. The standard InChI is InChI=1S/C28H33FN4O/c1-19-4-6-22(7-5-19)17-32-13-12-26-24(18-32)27(34-23-8-9-25(29)21(3)16-23)31-28(30-26)33-14-10-20(2)11-15-33/h4-9,16,20H,10-15,17-18H2,1-3H3. The maximum atomic E-state index is 13.8. The van der Waals surface area contributed by atoms with Crippen LogP contribution in [0.25, 0.3) is 0 Å². The summed E-state index contributed by atoms with van der Waals surface area (Å²) in [6.07, 6.45) is 3.16. The van der Waals surface area contributed by atoms with Gasteiger partial charge in [-0.25, -0.2) is 9.37 Å². The molecular formula is C28H33FN4O. The predicted molar refractivity (Wildman–Crippen MR) is 133 cm³/mol. The quantitative estimate of drug-likeness (QED) is 0.480. The van der Waals surface area contributed by atoms with E-state index in [1.807, 2.05) is 0 Å². The molecule has 0 atom stereocenters. The third-order valence-corrected chi connectivity index (χ3v) is 7.03. The SMILES string of the molecule is Cc1ccc(CN2CCc3nc(N4CCC(C)CC4)nc(Oc4ccc(F)c(C)c4)c3C2)cc1. The number of anilines is 1. The molecule has 0 bridgehead atoms. The van der Waals surface area contributed by atoms with Crippen LogP contribution in [0.5, 0.6) is 11.6 Å². The van der Waals surface area contributed by atoms with Gasteiger partial charge in [0.05, 0.1) is 11.3 Å². The number of nitrogens with zero attached hydrogens (tertiary/aromatic N) is 4. The topological polar surface area (TPSA) is 41.5 Å². The van der Waals surface area contributed by atoms with Crippen LogP contribution in [0.4, 0.5) is 10.3 Å². The summed E-state index contributed by atoms with van der Waals surface area (Å²) in [5.41, 5.74) is 5.23. The van der Waals surface area contributed by atoms with Crippen LogP contribution >= 0.6 is 0 Å². The van der Waals surface area contributed by atoms with Gasteiger partial charge in [-0.05, 0) is 61.9 Å². The lowest BCUT2D eigenvalue weighted by molar-refractivity contribution is 0.238. The van der Waals surface area contributed by atoms with E-state index in [4.69, 9.17) is 14.7 Å². The molecule has 3 aromatic rings. The van der Waals surface area contributed by atoms with E-state index in [9.17, 15) is 4.39 Å². The molecule has 0 amide bonds. The van der Waals surface area contributed by atoms with Crippen LogP contribution in [0.15, 0.2) is 42.5 Å². The number of piperidine rings is 1. The average Bonchev–Trinajstić information content (AvgIpc) is 2.83. The summed E-state index contributed by atoms with van der Waals surface area (Å²) in [6, 6.07) is 13.6. The first-order valence-corrected chi connectivity index (χ1v) is 12.3. The van der Waals surface area contributed by atoms with Gasteiger partial charge in [-0.1, -0.05) is 36.8 Å². The van der Waals surface area contributed by atoms with E-state index in [1.54, 1.807) is 19.1 Å². The zero-order valence-electron chi connectivity index (χ0n) is 20.4. The van der Waals surface area contributed by atoms with Crippen molar-refractivity contribution in [2.45, 2.75) is 53.1 Å². The molecule has 1 saturated heterocycles. The monoisotopic (exact) mass is 460 g/mol. The van der Waals surface area contributed by atoms with Gasteiger partial charge < -0.3 is 9.64 Å². The van der Waals surface area contributed by atoms with Crippen LogP contribution in [0.1, 0.15) is 47.7 Å². The number of aryl methyl sites for hydroxylation is 2. The number of rotatable bonds is 5. The first kappa shape index (κ1) is 22.8. The van der Waals surface area contributed by atoms with E-state index in [-0.39, 0.29) is 5.82 Å². The number of fused-ring (bicyclic) bond motifs is 1. The van der Waals surface area contributed by atoms with Gasteiger partial charge in [0.2, 0.25) is 11.8 Å². The highest BCUT2D eigenvalue weighted by atomic mass is 19.1. The third kappa shape index (κ3) is 5.07. The second-order valence-electron chi connectivity index (χ2n) is 9.88. The zero-order valence-corrected chi connectivity index (χ0v) is 20.4. The highest BCUT2D eigenvalue weighted by molar-refractivity contribution is 5.44. The molecule has 5 nitrogen and oxygen atoms in total. The molecule has 2 aliphatic rings. The first-order chi connectivity index (χ1) is 16.4. The molecule has 5 rings (SSSR count). The second kappa shape index (κ2) is 9.71. The highest BCUT2D eigenvalue weighted by Crippen LogP contribution is 2.33. The number of ether oxygens (including phenoxy) is 1. The highest BCUT2D eigenvalue weighted by Gasteiger charge is 2.27. The van der Waals surface area contributed by atoms with Crippen molar-refractivity contribution in [2.24, 2.45) is 5.92 Å². The van der Waals surface area contributed by atoms with Crippen LogP contribution in [0, 0.1) is 25.6 Å². The van der Waals surface area contributed by atoms with Gasteiger partial charge >= 0.3 is 0 Å². The molecule has 0 saturated carbocycles. The van der Waals surface area contributed by atoms with Crippen LogP contribution in [0.2, 0.25) is 0 Å². The number of hydrogen-bond acceptors (Lipinski definition) is 5. The fourth-order valence-corrected chi connectivity index (χ4v) is 4.74. The Morgan fingerprint density at radius 2 is 1.76 bits per heavy atom. The van der Waals surface area contributed by atoms with E-state index in [0.717, 1.165) is 75.1 Å². The van der Waals surface area contributed by atoms with Gasteiger partial charge in [0.1, 0.15) is 11.6 Å². The fraction of sp³-hybridized carbons (Fsp3) is 0.429. The smallest absolute Gasteiger partial charge is 0.228 e. The van der Waals surface area contributed by atoms with Gasteiger partial charge in [0.25, 0.3) is 0 Å². The van der Waals surface area contributed by atoms with Crippen molar-refractivity contribution < 1.29 is 9.13 Å². The summed E-state index contributed by atoms with van der Waals surface area (Å²) in [6.45, 7) is 10.7. The molecule has 1 aromatic heterocycles. The molecule has 2 aliphatic heterocycles. The molecule has 3 heterocycles. The Morgan fingerprint density at radius 1 is 1.00 bits per heavy atom. The van der Waals surface area contributed by atoms with Crippen molar-refractivity contribution in [2.75, 3.05) is 24.5 Å². The number of aromatic nitrogens is 2. The summed E-state index contributed by atoms with van der Waals surface area (Å²) in [7, 11) is 0. The minimum absolute atomic E-state index is 0.232. The normalized spacial score (nSPS) is 17.0. The van der Waals surface area contributed by atoms with E-state index in [2.05, 4.69) is 47.9 Å². The van der Waals surface area contributed by atoms with E-state index >= 15 is 0 Å². The minimum Gasteiger partial charge on any atom is -0.438 e. The summed E-state index contributed by atoms with van der Waals surface area (Å²) in [4.78, 5) is 14.6. The van der Waals surface area contributed by atoms with E-state index in [1.165, 1.54) is 17.2 Å². The lowest BCUT2D eigenvalue weighted by atomic mass is 9.99. The average molecular weight is 461 g/mol. The summed E-state index contributed by atoms with van der Waals surface area (Å²) in [5.74, 6) is 2.46. The van der Waals surface area contributed by atoms with Crippen LogP contribution in [-0.4, -0.2) is 34.5 Å². The molecule has 2 aromatic carbocycles. The molecule has 0 N–H and O–H groups in total. The van der Waals surface area contributed by atoms with Crippen molar-refractivity contribution >= 4 is 5.95 Å². The van der Waals surface area contributed by atoms with Crippen molar-refractivity contribution in [1.29, 1.82) is 0 Å². The largest absolute Gasteiger partial charge is 0.438 e. The molecule has 0 unspecified atom stereocenters. The Morgan fingerprint density at radius 3 is 2.50 bits per heavy atom. The Labute approximate surface area is 201 Å². The molecule has 34 heavy (non-hydrogen) atoms. The Bertz CT molecular complexity index is 1160. The van der Waals surface area contributed by atoms with Crippen molar-refractivity contribution in [3.05, 3.63) is 76.2 Å². The molecule has 0 radical (unpaired) electrons. The van der Waals surface area contributed by atoms with Crippen LogP contribution < -0.4 is 9.64 Å². The van der Waals surface area contributed by atoms with Gasteiger partial charge in [-0.3, -0.25) is 4.90 Å². The minimum atomic E-state index is -0.232. The van der Waals surface area contributed by atoms with Crippen molar-refractivity contribution in [1.82, 2.24) is 14.9 Å². The number of halogens is 1. The fourth-order valence-electron chi connectivity index (χ4n) is 4.74. The molecule has 0 aliphatic carbocycles. The second-order valence-corrected chi connectivity index (χ2v) is 9.88. The summed E-state index contributed by atoms with van der Waals surface area (Å²) in [5, 5.41) is 0. The van der Waals surface area contributed by atoms with Gasteiger partial charge in [0.15, 0.2) is 0 Å². The maximum absolute atomic E-state index is 13.8. The Kier molecular flexibility index (Phi) is 6.50. The lowest BCUT2D eigenvalue weighted by Gasteiger charge is -2.33. The van der Waals surface area contributed by atoms with E-state index < -0.39 is 0 Å². The first-order valence-electron chi connectivity index (χ1n) is 12.3. The third-order valence-electron chi connectivity index (χ3n) is 7.03. The predicted octanol–water partition coefficient (Wildman–Crippen LogP) is 5.82. The summed E-state index contributed by atoms with van der Waals surface area (Å²) < 4.78 is 20.1. The van der Waals surface area contributed by atoms with Gasteiger partial charge in [0, 0.05) is 39.1 Å². The molecule has 0 spiro atoms. The molecule has 1 fully saturated rings. The van der Waals surface area contributed by atoms with Gasteiger partial charge in [-0.15, -0.1) is 0 Å². The Balaban J connectivity index is 1.44. The summed E-state index contributed by atoms with van der Waals surface area (Å²) >= 11 is 0. The van der Waals surface area contributed by atoms with Gasteiger partial charge in [-0.2, -0.15) is 4.98 Å². The maximum Gasteiger partial charge on any atom is 0.228 e. The van der Waals surface area contributed by atoms with Crippen LogP contribution in [0.3, 0.4) is 0 Å². The number of hydrogen-bond donors (Lipinski definition) is 0.